The van der Waals surface area contributed by atoms with Gasteiger partial charge in [0.1, 0.15) is 5.76 Å². The Hall–Kier alpha value is -4.68. The molecule has 5 nitrogen and oxygen atoms in total. The maximum absolute atomic E-state index is 12.6. The van der Waals surface area contributed by atoms with Gasteiger partial charge < -0.3 is 9.52 Å². The van der Waals surface area contributed by atoms with Crippen LogP contribution in [0.1, 0.15) is 35.2 Å². The molecule has 1 atom stereocenters. The number of aryl methyl sites for hydroxylation is 1. The van der Waals surface area contributed by atoms with Crippen molar-refractivity contribution in [2.24, 2.45) is 5.10 Å². The molecule has 2 aromatic rings. The Morgan fingerprint density at radius 3 is 1.88 bits per heavy atom. The van der Waals surface area contributed by atoms with E-state index in [1.807, 2.05) is 18.2 Å². The van der Waals surface area contributed by atoms with Crippen LogP contribution >= 0.6 is 0 Å². The van der Waals surface area contributed by atoms with E-state index in [0.717, 1.165) is 5.01 Å². The fourth-order valence-electron chi connectivity index (χ4n) is 2.69. The van der Waals surface area contributed by atoms with Crippen LogP contribution in [-0.2, 0) is 5.72 Å². The first-order chi connectivity index (χ1) is 15.8. The van der Waals surface area contributed by atoms with Crippen LogP contribution in [0.4, 0.5) is 0 Å². The molecule has 1 aromatic carbocycles. The van der Waals surface area contributed by atoms with Crippen molar-refractivity contribution in [1.29, 1.82) is 0 Å². The molecule has 2 heterocycles. The Morgan fingerprint density at radius 1 is 0.939 bits per heavy atom. The third-order valence-electron chi connectivity index (χ3n) is 3.98. The van der Waals surface area contributed by atoms with Crippen molar-refractivity contribution < 1.29 is 14.3 Å². The Balaban J connectivity index is 0.000000377. The number of hydrogen-bond donors (Lipinski definition) is 1. The maximum Gasteiger partial charge on any atom is 0.312 e. The predicted octanol–water partition coefficient (Wildman–Crippen LogP) is 5.50. The lowest BCUT2D eigenvalue weighted by Crippen LogP contribution is -2.43. The van der Waals surface area contributed by atoms with E-state index in [9.17, 15) is 9.90 Å². The molecule has 5 heteroatoms. The summed E-state index contributed by atoms with van der Waals surface area (Å²) in [6.07, 6.45) is 0.280. The predicted molar refractivity (Wildman–Crippen MR) is 128 cm³/mol. The number of furan rings is 1. The maximum atomic E-state index is 12.6. The summed E-state index contributed by atoms with van der Waals surface area (Å²) in [4.78, 5) is 12.6. The van der Waals surface area contributed by atoms with Gasteiger partial charge in [0.05, 0.1) is 0 Å². The van der Waals surface area contributed by atoms with Gasteiger partial charge in [0.25, 0.3) is 0 Å². The highest BCUT2D eigenvalue weighted by atomic mass is 16.4. The number of carbonyl (C=O) groups is 1. The minimum Gasteiger partial charge on any atom is -0.456 e. The van der Waals surface area contributed by atoms with Gasteiger partial charge in [0, 0.05) is 17.7 Å². The summed E-state index contributed by atoms with van der Waals surface area (Å²) in [7, 11) is 0. The van der Waals surface area contributed by atoms with Crippen molar-refractivity contribution >= 4 is 11.6 Å². The fraction of sp³-hybridized carbons (Fsp3) is 0.143. The zero-order valence-corrected chi connectivity index (χ0v) is 18.7. The van der Waals surface area contributed by atoms with Gasteiger partial charge in [-0.25, -0.2) is 0 Å². The minimum atomic E-state index is -1.47. The smallest absolute Gasteiger partial charge is 0.312 e. The molecule has 0 spiro atoms. The van der Waals surface area contributed by atoms with Crippen LogP contribution in [0, 0.1) is 6.92 Å². The van der Waals surface area contributed by atoms with Crippen LogP contribution in [0.3, 0.4) is 0 Å². The van der Waals surface area contributed by atoms with Gasteiger partial charge in [-0.1, -0.05) is 53.3 Å². The molecule has 0 aliphatic carbocycles. The number of rotatable bonds is 2. The highest BCUT2D eigenvalue weighted by Crippen LogP contribution is 2.36. The topological polar surface area (TPSA) is 66.0 Å². The highest BCUT2D eigenvalue weighted by Gasteiger charge is 2.45. The largest absolute Gasteiger partial charge is 0.456 e. The van der Waals surface area contributed by atoms with E-state index in [0.29, 0.717) is 17.0 Å². The Labute approximate surface area is 194 Å². The second-order valence-electron chi connectivity index (χ2n) is 6.43. The van der Waals surface area contributed by atoms with Gasteiger partial charge in [0.2, 0.25) is 0 Å². The summed E-state index contributed by atoms with van der Waals surface area (Å²) < 4.78 is 5.35. The number of carbonyl (C=O) groups excluding carboxylic acids is 1. The van der Waals surface area contributed by atoms with Crippen molar-refractivity contribution in [1.82, 2.24) is 5.01 Å². The van der Waals surface area contributed by atoms with Gasteiger partial charge in [-0.15, -0.1) is 0 Å². The number of hydrogen-bond acceptors (Lipinski definition) is 4. The molecule has 0 fully saturated rings. The summed E-state index contributed by atoms with van der Waals surface area (Å²) >= 11 is 0. The van der Waals surface area contributed by atoms with Gasteiger partial charge in [-0.2, -0.15) is 10.1 Å². The Bertz CT molecular complexity index is 1220. The zero-order chi connectivity index (χ0) is 24.7. The quantitative estimate of drug-likeness (QED) is 0.632. The number of nitrogens with zero attached hydrogens (tertiary/aromatic N) is 2. The molecule has 33 heavy (non-hydrogen) atoms. The summed E-state index contributed by atoms with van der Waals surface area (Å²) in [6, 6.07) is 12.4. The van der Waals surface area contributed by atoms with E-state index >= 15 is 0 Å². The Kier molecular flexibility index (Phi) is 10.9. The SMILES string of the molecule is C=C=C=C=C=C.C=C=C=C=C=C.CC1=NN(C(=O)c2ccc(C)o2)C(O)(c2ccccc2)C1. The lowest BCUT2D eigenvalue weighted by Gasteiger charge is -2.30. The summed E-state index contributed by atoms with van der Waals surface area (Å²) in [5.41, 5.74) is 18.9. The molecule has 1 unspecified atom stereocenters. The van der Waals surface area contributed by atoms with Gasteiger partial charge >= 0.3 is 5.91 Å². The molecule has 1 aliphatic heterocycles. The minimum absolute atomic E-state index is 0.167. The second kappa shape index (κ2) is 13.6. The van der Waals surface area contributed by atoms with E-state index < -0.39 is 11.6 Å². The lowest BCUT2D eigenvalue weighted by atomic mass is 9.97. The van der Waals surface area contributed by atoms with E-state index in [4.69, 9.17) is 4.42 Å². The number of benzene rings is 1. The second-order valence-corrected chi connectivity index (χ2v) is 6.43. The van der Waals surface area contributed by atoms with E-state index in [1.54, 1.807) is 38.1 Å². The van der Waals surface area contributed by atoms with Crippen LogP contribution in [0.5, 0.6) is 0 Å². The third kappa shape index (κ3) is 7.82. The first-order valence-corrected chi connectivity index (χ1v) is 9.65. The highest BCUT2D eigenvalue weighted by molar-refractivity contribution is 5.96. The monoisotopic (exact) mass is 436 g/mol. The third-order valence-corrected chi connectivity index (χ3v) is 3.98. The van der Waals surface area contributed by atoms with Crippen molar-refractivity contribution in [3.8, 4) is 0 Å². The molecule has 164 valence electrons. The number of hydrazone groups is 1. The van der Waals surface area contributed by atoms with Gasteiger partial charge in [-0.3, -0.25) is 4.79 Å². The molecule has 1 N–H and O–H groups in total. The van der Waals surface area contributed by atoms with Crippen LogP contribution < -0.4 is 0 Å². The number of amides is 1. The summed E-state index contributed by atoms with van der Waals surface area (Å²) in [5, 5.41) is 16.3. The van der Waals surface area contributed by atoms with E-state index in [-0.39, 0.29) is 12.2 Å². The van der Waals surface area contributed by atoms with Crippen LogP contribution in [-0.4, -0.2) is 21.7 Å². The molecule has 3 rings (SSSR count). The standard InChI is InChI=1S/C16H16N2O3.2C6H4/c1-11-10-16(20,13-6-4-3-5-7-13)18(17-11)15(19)14-9-8-12(2)21-14;2*1-3-5-6-4-2/h3-9,20H,10H2,1-2H3;2*1-2H2. The Morgan fingerprint density at radius 2 is 1.45 bits per heavy atom. The molecule has 1 aliphatic rings. The molecule has 0 bridgehead atoms. The van der Waals surface area contributed by atoms with Crippen LogP contribution in [0.25, 0.3) is 0 Å². The van der Waals surface area contributed by atoms with Crippen LogP contribution in [0.15, 0.2) is 124 Å². The molecule has 0 saturated carbocycles. The average molecular weight is 437 g/mol. The molecular weight excluding hydrogens is 412 g/mol. The summed E-state index contributed by atoms with van der Waals surface area (Å²) in [5.74, 6) is 0.355. The average Bonchev–Trinajstić information content (AvgIpc) is 3.40. The summed E-state index contributed by atoms with van der Waals surface area (Å²) in [6.45, 7) is 16.5. The fourth-order valence-corrected chi connectivity index (χ4v) is 2.69. The van der Waals surface area contributed by atoms with Gasteiger partial charge in [0.15, 0.2) is 11.5 Å². The number of aliphatic hydroxyl groups is 1. The first kappa shape index (κ1) is 26.4. The van der Waals surface area contributed by atoms with Crippen molar-refractivity contribution in [2.45, 2.75) is 26.0 Å². The van der Waals surface area contributed by atoms with Crippen molar-refractivity contribution in [3.63, 3.8) is 0 Å². The van der Waals surface area contributed by atoms with Crippen molar-refractivity contribution in [2.75, 3.05) is 0 Å². The molecule has 0 saturated heterocycles. The zero-order valence-electron chi connectivity index (χ0n) is 18.7. The molecule has 0 radical (unpaired) electrons. The lowest BCUT2D eigenvalue weighted by molar-refractivity contribution is -0.0776. The molecule has 1 aromatic heterocycles. The van der Waals surface area contributed by atoms with Crippen LogP contribution in [0.2, 0.25) is 0 Å². The molecule has 1 amide bonds. The van der Waals surface area contributed by atoms with E-state index in [2.05, 4.69) is 77.3 Å². The molecular formula is C28H24N2O3. The van der Waals surface area contributed by atoms with Crippen molar-refractivity contribution in [3.05, 3.63) is 132 Å². The van der Waals surface area contributed by atoms with Gasteiger partial charge in [-0.05, 0) is 75.2 Å². The normalized spacial score (nSPS) is 14.9. The van der Waals surface area contributed by atoms with E-state index in [1.165, 1.54) is 0 Å². The first-order valence-electron chi connectivity index (χ1n) is 9.65.